The van der Waals surface area contributed by atoms with E-state index in [1.165, 1.54) is 12.1 Å². The summed E-state index contributed by atoms with van der Waals surface area (Å²) in [4.78, 5) is 13.8. The number of hydrogen-bond donors (Lipinski definition) is 1. The molecule has 1 N–H and O–H groups in total. The lowest BCUT2D eigenvalue weighted by molar-refractivity contribution is -0.152. The second-order valence-electron chi connectivity index (χ2n) is 5.87. The number of nitrogens with zero attached hydrogens (tertiary/aromatic N) is 1. The van der Waals surface area contributed by atoms with Crippen LogP contribution in [0.25, 0.3) is 6.08 Å². The molecule has 0 aromatic heterocycles. The smallest absolute Gasteiger partial charge is 0.311 e. The summed E-state index contributed by atoms with van der Waals surface area (Å²) >= 11 is 0. The minimum Gasteiger partial charge on any atom is -0.481 e. The number of carbonyl (C=O) groups is 1. The minimum atomic E-state index is -0.736. The van der Waals surface area contributed by atoms with Crippen LogP contribution in [0.2, 0.25) is 0 Å². The van der Waals surface area contributed by atoms with Crippen LogP contribution in [0, 0.1) is 11.2 Å². The fraction of sp³-hybridized carbons (Fsp3) is 0.389. The lowest BCUT2D eigenvalue weighted by Crippen LogP contribution is -2.47. The number of halogens is 1. The Labute approximate surface area is 130 Å². The van der Waals surface area contributed by atoms with Crippen LogP contribution in [-0.2, 0) is 4.79 Å². The van der Waals surface area contributed by atoms with E-state index in [2.05, 4.69) is 11.5 Å². The first-order chi connectivity index (χ1) is 10.6. The molecular formula is C18H22FNO2. The largest absolute Gasteiger partial charge is 0.481 e. The normalized spacial score (nSPS) is 22.8. The van der Waals surface area contributed by atoms with Gasteiger partial charge in [-0.15, -0.1) is 6.58 Å². The molecule has 118 valence electrons. The Morgan fingerprint density at radius 1 is 1.41 bits per heavy atom. The number of allylic oxidation sites excluding steroid dienone is 1. The SMILES string of the molecule is C=CC[C@@]1(C(=O)O)CCCN(C/C=C/c2ccc(F)cc2)C1. The standard InChI is InChI=1S/C18H22FNO2/c1-2-10-18(17(21)22)11-4-13-20(14-18)12-3-5-15-6-8-16(19)9-7-15/h2-3,5-9H,1,4,10-14H2,(H,21,22)/b5-3+/t18-/m1/s1. The highest BCUT2D eigenvalue weighted by Crippen LogP contribution is 2.34. The number of piperidine rings is 1. The summed E-state index contributed by atoms with van der Waals surface area (Å²) in [5.74, 6) is -0.983. The molecule has 22 heavy (non-hydrogen) atoms. The van der Waals surface area contributed by atoms with Gasteiger partial charge in [0.15, 0.2) is 0 Å². The molecule has 0 unspecified atom stereocenters. The molecule has 0 saturated carbocycles. The number of carboxylic acids is 1. The fourth-order valence-corrected chi connectivity index (χ4v) is 3.00. The van der Waals surface area contributed by atoms with E-state index in [4.69, 9.17) is 0 Å². The first-order valence-corrected chi connectivity index (χ1v) is 7.54. The fourth-order valence-electron chi connectivity index (χ4n) is 3.00. The van der Waals surface area contributed by atoms with Crippen molar-refractivity contribution in [2.24, 2.45) is 5.41 Å². The Bertz CT molecular complexity index is 553. The van der Waals surface area contributed by atoms with Gasteiger partial charge in [0, 0.05) is 13.1 Å². The first-order valence-electron chi connectivity index (χ1n) is 7.54. The van der Waals surface area contributed by atoms with E-state index in [0.717, 1.165) is 18.5 Å². The van der Waals surface area contributed by atoms with Gasteiger partial charge in [0.05, 0.1) is 5.41 Å². The summed E-state index contributed by atoms with van der Waals surface area (Å²) in [5, 5.41) is 9.54. The topological polar surface area (TPSA) is 40.5 Å². The summed E-state index contributed by atoms with van der Waals surface area (Å²) < 4.78 is 12.8. The van der Waals surface area contributed by atoms with E-state index in [9.17, 15) is 14.3 Å². The number of hydrogen-bond acceptors (Lipinski definition) is 2. The molecule has 0 amide bonds. The lowest BCUT2D eigenvalue weighted by Gasteiger charge is -2.39. The third-order valence-electron chi connectivity index (χ3n) is 4.19. The van der Waals surface area contributed by atoms with Crippen molar-refractivity contribution in [3.8, 4) is 0 Å². The molecule has 2 rings (SSSR count). The van der Waals surface area contributed by atoms with E-state index >= 15 is 0 Å². The Kier molecular flexibility index (Phi) is 5.50. The predicted octanol–water partition coefficient (Wildman–Crippen LogP) is 3.58. The molecule has 1 atom stereocenters. The van der Waals surface area contributed by atoms with E-state index in [1.54, 1.807) is 18.2 Å². The molecule has 1 aromatic rings. The van der Waals surface area contributed by atoms with Gasteiger partial charge < -0.3 is 5.11 Å². The van der Waals surface area contributed by atoms with Crippen LogP contribution in [0.5, 0.6) is 0 Å². The highest BCUT2D eigenvalue weighted by molar-refractivity contribution is 5.75. The van der Waals surface area contributed by atoms with Crippen molar-refractivity contribution in [3.63, 3.8) is 0 Å². The van der Waals surface area contributed by atoms with E-state index in [0.29, 0.717) is 25.9 Å². The second-order valence-corrected chi connectivity index (χ2v) is 5.87. The van der Waals surface area contributed by atoms with Gasteiger partial charge in [-0.1, -0.05) is 30.4 Å². The summed E-state index contributed by atoms with van der Waals surface area (Å²) in [6, 6.07) is 6.31. The van der Waals surface area contributed by atoms with Crippen LogP contribution in [0.1, 0.15) is 24.8 Å². The van der Waals surface area contributed by atoms with Crippen molar-refractivity contribution < 1.29 is 14.3 Å². The van der Waals surface area contributed by atoms with Crippen LogP contribution >= 0.6 is 0 Å². The zero-order valence-corrected chi connectivity index (χ0v) is 12.7. The van der Waals surface area contributed by atoms with Crippen LogP contribution in [0.15, 0.2) is 43.0 Å². The molecule has 1 aliphatic rings. The molecule has 0 radical (unpaired) electrons. The van der Waals surface area contributed by atoms with Crippen molar-refractivity contribution in [1.82, 2.24) is 4.90 Å². The molecule has 1 saturated heterocycles. The molecule has 1 heterocycles. The molecular weight excluding hydrogens is 281 g/mol. The maximum absolute atomic E-state index is 12.8. The van der Waals surface area contributed by atoms with Crippen LogP contribution in [0.4, 0.5) is 4.39 Å². The Morgan fingerprint density at radius 2 is 2.14 bits per heavy atom. The van der Waals surface area contributed by atoms with Gasteiger partial charge in [0.25, 0.3) is 0 Å². The van der Waals surface area contributed by atoms with Crippen molar-refractivity contribution in [2.75, 3.05) is 19.6 Å². The second kappa shape index (κ2) is 7.36. The van der Waals surface area contributed by atoms with Crippen molar-refractivity contribution in [1.29, 1.82) is 0 Å². The number of benzene rings is 1. The zero-order valence-electron chi connectivity index (χ0n) is 12.7. The van der Waals surface area contributed by atoms with Crippen LogP contribution in [-0.4, -0.2) is 35.6 Å². The van der Waals surface area contributed by atoms with E-state index in [-0.39, 0.29) is 5.82 Å². The Morgan fingerprint density at radius 3 is 2.77 bits per heavy atom. The average Bonchev–Trinajstić information content (AvgIpc) is 2.50. The predicted molar refractivity (Wildman–Crippen MR) is 86.0 cm³/mol. The molecule has 0 aliphatic carbocycles. The van der Waals surface area contributed by atoms with Crippen molar-refractivity contribution >= 4 is 12.0 Å². The van der Waals surface area contributed by atoms with E-state index < -0.39 is 11.4 Å². The van der Waals surface area contributed by atoms with Gasteiger partial charge in [-0.2, -0.15) is 0 Å². The quantitative estimate of drug-likeness (QED) is 0.817. The Hall–Kier alpha value is -1.94. The third-order valence-corrected chi connectivity index (χ3v) is 4.19. The van der Waals surface area contributed by atoms with Crippen LogP contribution < -0.4 is 0 Å². The van der Waals surface area contributed by atoms with Gasteiger partial charge in [-0.25, -0.2) is 4.39 Å². The highest BCUT2D eigenvalue weighted by atomic mass is 19.1. The Balaban J connectivity index is 1.96. The maximum Gasteiger partial charge on any atom is 0.311 e. The van der Waals surface area contributed by atoms with Gasteiger partial charge in [-0.05, 0) is 43.5 Å². The summed E-state index contributed by atoms with van der Waals surface area (Å²) in [6.45, 7) is 5.83. The summed E-state index contributed by atoms with van der Waals surface area (Å²) in [6.07, 6.45) is 7.71. The highest BCUT2D eigenvalue weighted by Gasteiger charge is 2.40. The van der Waals surface area contributed by atoms with Gasteiger partial charge in [0.2, 0.25) is 0 Å². The zero-order chi connectivity index (χ0) is 16.0. The van der Waals surface area contributed by atoms with Crippen molar-refractivity contribution in [2.45, 2.75) is 19.3 Å². The molecule has 3 nitrogen and oxygen atoms in total. The molecule has 0 spiro atoms. The number of aliphatic carboxylic acids is 1. The maximum atomic E-state index is 12.8. The first kappa shape index (κ1) is 16.4. The third kappa shape index (κ3) is 4.04. The summed E-state index contributed by atoms with van der Waals surface area (Å²) in [5.41, 5.74) is 0.234. The molecule has 1 fully saturated rings. The van der Waals surface area contributed by atoms with Gasteiger partial charge in [0.1, 0.15) is 5.82 Å². The molecule has 1 aliphatic heterocycles. The molecule has 4 heteroatoms. The molecule has 0 bridgehead atoms. The van der Waals surface area contributed by atoms with E-state index in [1.807, 2.05) is 12.2 Å². The monoisotopic (exact) mass is 303 g/mol. The van der Waals surface area contributed by atoms with Gasteiger partial charge >= 0.3 is 5.97 Å². The summed E-state index contributed by atoms with van der Waals surface area (Å²) in [7, 11) is 0. The average molecular weight is 303 g/mol. The van der Waals surface area contributed by atoms with Crippen LogP contribution in [0.3, 0.4) is 0 Å². The number of likely N-dealkylation sites (tertiary alicyclic amines) is 1. The number of rotatable bonds is 6. The van der Waals surface area contributed by atoms with Crippen molar-refractivity contribution in [3.05, 3.63) is 54.4 Å². The molecule has 1 aromatic carbocycles. The number of carboxylic acid groups (broad SMARTS) is 1. The lowest BCUT2D eigenvalue weighted by atomic mass is 9.77. The van der Waals surface area contributed by atoms with Gasteiger partial charge in [-0.3, -0.25) is 9.69 Å². The minimum absolute atomic E-state index is 0.246.